The van der Waals surface area contributed by atoms with E-state index in [1.807, 2.05) is 27.0 Å². The Morgan fingerprint density at radius 2 is 0.966 bits per heavy atom. The van der Waals surface area contributed by atoms with Crippen LogP contribution < -0.4 is 5.32 Å². The van der Waals surface area contributed by atoms with Gasteiger partial charge in [0.15, 0.2) is 29.1 Å². The number of hydrogen-bond acceptors (Lipinski definition) is 10. The first-order valence-corrected chi connectivity index (χ1v) is 19.2. The summed E-state index contributed by atoms with van der Waals surface area (Å²) in [6.45, 7) is 12.0. The lowest BCUT2D eigenvalue weighted by atomic mass is 9.89. The van der Waals surface area contributed by atoms with Crippen LogP contribution in [0.15, 0.2) is 37.1 Å². The summed E-state index contributed by atoms with van der Waals surface area (Å²) in [4.78, 5) is 96.0. The van der Waals surface area contributed by atoms with Gasteiger partial charge in [0.05, 0.1) is 47.7 Å². The number of ketones is 5. The van der Waals surface area contributed by atoms with E-state index in [1.54, 1.807) is 84.4 Å². The molecule has 0 aromatic carbocycles. The van der Waals surface area contributed by atoms with Crippen molar-refractivity contribution in [3.05, 3.63) is 94.4 Å². The summed E-state index contributed by atoms with van der Waals surface area (Å²) in [7, 11) is 8.54. The van der Waals surface area contributed by atoms with Crippen LogP contribution in [0.1, 0.15) is 129 Å². The maximum Gasteiger partial charge on any atom is 0.287 e. The number of imidazole rings is 4. The molecule has 0 atom stereocenters. The fraction of sp³-hybridized carbons (Fsp3) is 0.476. The second kappa shape index (κ2) is 16.8. The Morgan fingerprint density at radius 1 is 0.552 bits per heavy atom. The molecule has 58 heavy (non-hydrogen) atoms. The molecule has 0 unspecified atom stereocenters. The summed E-state index contributed by atoms with van der Waals surface area (Å²) in [5, 5.41) is 2.72. The second-order valence-electron chi connectivity index (χ2n) is 17.3. The minimum Gasteiger partial charge on any atom is -0.349 e. The van der Waals surface area contributed by atoms with Crippen LogP contribution in [0.4, 0.5) is 0 Å². The minimum atomic E-state index is -0.545. The average Bonchev–Trinajstić information content (AvgIpc) is 3.91. The van der Waals surface area contributed by atoms with Crippen LogP contribution in [0.2, 0.25) is 0 Å². The van der Waals surface area contributed by atoms with Crippen LogP contribution in [0, 0.1) is 10.8 Å². The zero-order valence-electron chi connectivity index (χ0n) is 35.4. The van der Waals surface area contributed by atoms with Crippen LogP contribution >= 0.6 is 0 Å². The second-order valence-corrected chi connectivity index (χ2v) is 17.3. The molecule has 0 bridgehead atoms. The number of aromatic nitrogens is 9. The number of amides is 1. The van der Waals surface area contributed by atoms with Crippen molar-refractivity contribution in [2.75, 3.05) is 6.54 Å². The first-order chi connectivity index (χ1) is 27.0. The molecule has 5 aromatic rings. The summed E-state index contributed by atoms with van der Waals surface area (Å²) in [5.41, 5.74) is 2.76. The zero-order chi connectivity index (χ0) is 42.9. The number of Topliss-reactive ketones (excluding diaryl/α,β-unsaturated/α-hetero) is 5. The highest BCUT2D eigenvalue weighted by atomic mass is 16.2. The fourth-order valence-electron chi connectivity index (χ4n) is 6.77. The monoisotopic (exact) mass is 794 g/mol. The molecule has 5 heterocycles. The molecular weight excluding hydrogens is 741 g/mol. The van der Waals surface area contributed by atoms with Gasteiger partial charge in [0, 0.05) is 91.0 Å². The lowest BCUT2D eigenvalue weighted by Gasteiger charge is -2.16. The quantitative estimate of drug-likeness (QED) is 0.135. The molecule has 1 N–H and O–H groups in total. The number of carbonyl (C=O) groups excluding carboxylic acids is 6. The zero-order valence-corrected chi connectivity index (χ0v) is 35.4. The van der Waals surface area contributed by atoms with Crippen LogP contribution in [0.5, 0.6) is 0 Å². The van der Waals surface area contributed by atoms with Gasteiger partial charge in [-0.25, -0.2) is 19.9 Å². The molecule has 1 amide bonds. The Labute approximate surface area is 338 Å². The maximum absolute atomic E-state index is 13.3. The van der Waals surface area contributed by atoms with Crippen LogP contribution in [0.25, 0.3) is 0 Å². The lowest BCUT2D eigenvalue weighted by molar-refractivity contribution is -0.118. The molecule has 0 aliphatic carbocycles. The van der Waals surface area contributed by atoms with E-state index in [1.165, 1.54) is 4.57 Å². The fourth-order valence-corrected chi connectivity index (χ4v) is 6.77. The van der Waals surface area contributed by atoms with E-state index in [0.29, 0.717) is 28.6 Å². The Kier molecular flexibility index (Phi) is 12.5. The van der Waals surface area contributed by atoms with E-state index in [-0.39, 0.29) is 90.5 Å². The average molecular weight is 795 g/mol. The third kappa shape index (κ3) is 10.5. The third-order valence-corrected chi connectivity index (χ3v) is 9.46. The van der Waals surface area contributed by atoms with Gasteiger partial charge in [0.25, 0.3) is 5.91 Å². The first kappa shape index (κ1) is 43.1. The van der Waals surface area contributed by atoms with Crippen molar-refractivity contribution >= 4 is 34.8 Å². The topological polar surface area (TPSA) is 191 Å². The predicted molar refractivity (Wildman–Crippen MR) is 215 cm³/mol. The van der Waals surface area contributed by atoms with E-state index in [4.69, 9.17) is 0 Å². The Bertz CT molecular complexity index is 2400. The molecule has 0 aliphatic heterocycles. The van der Waals surface area contributed by atoms with Crippen LogP contribution in [-0.4, -0.2) is 84.1 Å². The minimum absolute atomic E-state index is 0.0107. The molecule has 5 rings (SSSR count). The standard InChI is InChI=1S/C42H54N10O6/c1-41(2,3)19-29-24-51(10)38(47-29)34(56)17-27-22-49(8)36(45-27)32(54)16-26-21-50(9)37(44-26)33(55)18-28-23-52(11)39(46-28)40(58)43-13-12-30(53)14-25-15-31(48(7)20-25)35(57)42(4,5)6/h15,20-24H,12-14,16-19H2,1-11H3,(H,43,58). The lowest BCUT2D eigenvalue weighted by Crippen LogP contribution is -2.28. The normalized spacial score (nSPS) is 11.9. The maximum atomic E-state index is 13.3. The molecule has 0 spiro atoms. The highest BCUT2D eigenvalue weighted by Crippen LogP contribution is 2.23. The van der Waals surface area contributed by atoms with Crippen LogP contribution in [-0.2, 0) is 72.1 Å². The number of nitrogens with one attached hydrogen (secondary N) is 1. The van der Waals surface area contributed by atoms with Crippen molar-refractivity contribution in [1.82, 2.24) is 48.1 Å². The van der Waals surface area contributed by atoms with Crippen molar-refractivity contribution in [3.8, 4) is 0 Å². The Balaban J connectivity index is 1.13. The number of rotatable bonds is 17. The Morgan fingerprint density at radius 3 is 1.41 bits per heavy atom. The highest BCUT2D eigenvalue weighted by Gasteiger charge is 2.27. The van der Waals surface area contributed by atoms with Gasteiger partial charge in [-0.1, -0.05) is 41.5 Å². The summed E-state index contributed by atoms with van der Waals surface area (Å²) >= 11 is 0. The van der Waals surface area contributed by atoms with E-state index in [2.05, 4.69) is 46.0 Å². The van der Waals surface area contributed by atoms with Gasteiger partial charge < -0.3 is 28.2 Å². The SMILES string of the molecule is Cn1cc(CC(=O)CCNC(=O)c2nc(CC(=O)c3nc(CC(=O)c4nc(CC(=O)c5nc(CC(C)(C)C)cn5C)cn4C)cn3C)cn2C)cc1C(=O)C(C)(C)C. The van der Waals surface area contributed by atoms with E-state index in [0.717, 1.165) is 17.7 Å². The molecule has 5 aromatic heterocycles. The molecule has 308 valence electrons. The van der Waals surface area contributed by atoms with Gasteiger partial charge in [0.2, 0.25) is 17.3 Å². The van der Waals surface area contributed by atoms with Crippen LogP contribution in [0.3, 0.4) is 0 Å². The third-order valence-electron chi connectivity index (χ3n) is 9.46. The van der Waals surface area contributed by atoms with Gasteiger partial charge >= 0.3 is 0 Å². The summed E-state index contributed by atoms with van der Waals surface area (Å²) in [6, 6.07) is 1.74. The first-order valence-electron chi connectivity index (χ1n) is 19.2. The van der Waals surface area contributed by atoms with E-state index < -0.39 is 11.3 Å². The van der Waals surface area contributed by atoms with Gasteiger partial charge in [0.1, 0.15) is 5.78 Å². The van der Waals surface area contributed by atoms with E-state index in [9.17, 15) is 28.8 Å². The smallest absolute Gasteiger partial charge is 0.287 e. The molecule has 0 aliphatic rings. The molecule has 0 saturated heterocycles. The van der Waals surface area contributed by atoms with Gasteiger partial charge in [-0.05, 0) is 23.5 Å². The number of nitrogens with zero attached hydrogens (tertiary/aromatic N) is 9. The molecular formula is C42H54N10O6. The van der Waals surface area contributed by atoms with Gasteiger partial charge in [-0.2, -0.15) is 0 Å². The molecule has 0 saturated carbocycles. The molecule has 16 nitrogen and oxygen atoms in total. The molecule has 16 heteroatoms. The summed E-state index contributed by atoms with van der Waals surface area (Å²) < 4.78 is 8.08. The van der Waals surface area contributed by atoms with Crippen molar-refractivity contribution in [2.45, 2.75) is 80.1 Å². The largest absolute Gasteiger partial charge is 0.349 e. The number of hydrogen-bond donors (Lipinski definition) is 1. The van der Waals surface area contributed by atoms with Crippen molar-refractivity contribution in [2.24, 2.45) is 46.1 Å². The van der Waals surface area contributed by atoms with Crippen molar-refractivity contribution in [1.29, 1.82) is 0 Å². The van der Waals surface area contributed by atoms with Crippen molar-refractivity contribution < 1.29 is 28.8 Å². The van der Waals surface area contributed by atoms with Gasteiger partial charge in [-0.3, -0.25) is 28.8 Å². The highest BCUT2D eigenvalue weighted by molar-refractivity contribution is 5.99. The number of aryl methyl sites for hydroxylation is 5. The summed E-state index contributed by atoms with van der Waals surface area (Å²) in [5.74, 6) is -0.780. The Hall–Kier alpha value is -6.06. The van der Waals surface area contributed by atoms with Crippen molar-refractivity contribution in [3.63, 3.8) is 0 Å². The van der Waals surface area contributed by atoms with Gasteiger partial charge in [-0.15, -0.1) is 0 Å². The molecule has 0 fully saturated rings. The number of carbonyl (C=O) groups is 6. The predicted octanol–water partition coefficient (Wildman–Crippen LogP) is 3.98. The van der Waals surface area contributed by atoms with E-state index >= 15 is 0 Å². The summed E-state index contributed by atoms with van der Waals surface area (Å²) in [6.07, 6.45) is 9.16. The molecule has 0 radical (unpaired) electrons.